The summed E-state index contributed by atoms with van der Waals surface area (Å²) in [5.74, 6) is 1.68. The molecule has 0 saturated carbocycles. The van der Waals surface area contributed by atoms with E-state index in [1.165, 1.54) is 17.3 Å². The molecule has 2 aromatic heterocycles. The maximum Gasteiger partial charge on any atom is 0.192 e. The first-order chi connectivity index (χ1) is 15.3. The van der Waals surface area contributed by atoms with E-state index >= 15 is 0 Å². The lowest BCUT2D eigenvalue weighted by Gasteiger charge is -2.19. The molecular formula is C25H24ClN3O2S. The van der Waals surface area contributed by atoms with Gasteiger partial charge in [-0.25, -0.2) is 0 Å². The zero-order chi connectivity index (χ0) is 22.7. The number of ketones is 1. The van der Waals surface area contributed by atoms with Gasteiger partial charge in [0.15, 0.2) is 16.8 Å². The van der Waals surface area contributed by atoms with Gasteiger partial charge in [0.25, 0.3) is 0 Å². The van der Waals surface area contributed by atoms with Gasteiger partial charge in [-0.1, -0.05) is 80.5 Å². The van der Waals surface area contributed by atoms with Crippen molar-refractivity contribution in [2.45, 2.75) is 37.9 Å². The Morgan fingerprint density at radius 3 is 2.44 bits per heavy atom. The predicted molar refractivity (Wildman–Crippen MR) is 128 cm³/mol. The van der Waals surface area contributed by atoms with E-state index in [1.54, 1.807) is 18.4 Å². The lowest BCUT2D eigenvalue weighted by molar-refractivity contribution is 0.102. The van der Waals surface area contributed by atoms with Crippen LogP contribution in [0, 0.1) is 0 Å². The van der Waals surface area contributed by atoms with Crippen LogP contribution in [0.1, 0.15) is 42.5 Å². The number of carbonyl (C=O) groups excluding carboxylic acids is 1. The SMILES string of the molecule is CC(C)(C)c1ccc(-c2nnc(SCC(=O)c3ccccc3Cl)n2Cc2ccco2)cc1. The maximum absolute atomic E-state index is 12.7. The van der Waals surface area contributed by atoms with Crippen molar-refractivity contribution in [3.63, 3.8) is 0 Å². The smallest absolute Gasteiger partial charge is 0.192 e. The molecule has 32 heavy (non-hydrogen) atoms. The van der Waals surface area contributed by atoms with Crippen molar-refractivity contribution in [1.29, 1.82) is 0 Å². The Labute approximate surface area is 196 Å². The Balaban J connectivity index is 1.62. The fraction of sp³-hybridized carbons (Fsp3) is 0.240. The second kappa shape index (κ2) is 9.35. The molecule has 5 nitrogen and oxygen atoms in total. The van der Waals surface area contributed by atoms with Crippen molar-refractivity contribution in [3.05, 3.63) is 88.8 Å². The van der Waals surface area contributed by atoms with E-state index in [-0.39, 0.29) is 17.0 Å². The van der Waals surface area contributed by atoms with E-state index in [1.807, 2.05) is 28.8 Å². The summed E-state index contributed by atoms with van der Waals surface area (Å²) in [5.41, 5.74) is 2.79. The number of hydrogen-bond donors (Lipinski definition) is 0. The highest BCUT2D eigenvalue weighted by Crippen LogP contribution is 2.29. The van der Waals surface area contributed by atoms with Gasteiger partial charge in [-0.15, -0.1) is 10.2 Å². The minimum atomic E-state index is -0.0516. The number of carbonyl (C=O) groups is 1. The van der Waals surface area contributed by atoms with Gasteiger partial charge in [0.2, 0.25) is 0 Å². The zero-order valence-electron chi connectivity index (χ0n) is 18.2. The molecule has 0 amide bonds. The van der Waals surface area contributed by atoms with Crippen LogP contribution in [0.25, 0.3) is 11.4 Å². The number of halogens is 1. The van der Waals surface area contributed by atoms with Gasteiger partial charge in [0.05, 0.1) is 23.6 Å². The third-order valence-corrected chi connectivity index (χ3v) is 6.42. The summed E-state index contributed by atoms with van der Waals surface area (Å²) in [4.78, 5) is 12.7. The number of aromatic nitrogens is 3. The molecule has 0 unspecified atom stereocenters. The van der Waals surface area contributed by atoms with Gasteiger partial charge >= 0.3 is 0 Å². The molecule has 0 saturated heterocycles. The minimum Gasteiger partial charge on any atom is -0.467 e. The summed E-state index contributed by atoms with van der Waals surface area (Å²) < 4.78 is 7.54. The highest BCUT2D eigenvalue weighted by atomic mass is 35.5. The van der Waals surface area contributed by atoms with Gasteiger partial charge in [0, 0.05) is 11.1 Å². The molecule has 0 atom stereocenters. The van der Waals surface area contributed by atoms with Crippen molar-refractivity contribution in [2.24, 2.45) is 0 Å². The van der Waals surface area contributed by atoms with Crippen molar-refractivity contribution < 1.29 is 9.21 Å². The van der Waals surface area contributed by atoms with Crippen LogP contribution in [-0.2, 0) is 12.0 Å². The monoisotopic (exact) mass is 465 g/mol. The Bertz CT molecular complexity index is 1210. The van der Waals surface area contributed by atoms with Crippen LogP contribution in [0.15, 0.2) is 76.5 Å². The molecule has 0 spiro atoms. The highest BCUT2D eigenvalue weighted by molar-refractivity contribution is 7.99. The molecule has 7 heteroatoms. The normalized spacial score (nSPS) is 11.6. The van der Waals surface area contributed by atoms with Crippen LogP contribution in [0.5, 0.6) is 0 Å². The third-order valence-electron chi connectivity index (χ3n) is 5.13. The van der Waals surface area contributed by atoms with Crippen molar-refractivity contribution >= 4 is 29.1 Å². The Morgan fingerprint density at radius 2 is 1.78 bits per heavy atom. The zero-order valence-corrected chi connectivity index (χ0v) is 19.8. The molecule has 0 fully saturated rings. The summed E-state index contributed by atoms with van der Waals surface area (Å²) >= 11 is 7.52. The van der Waals surface area contributed by atoms with E-state index < -0.39 is 0 Å². The summed E-state index contributed by atoms with van der Waals surface area (Å²) in [7, 11) is 0. The standard InChI is InChI=1S/C25H24ClN3O2S/c1-25(2,3)18-12-10-17(11-13-18)23-27-28-24(29(23)15-19-7-6-14-31-19)32-16-22(30)20-8-4-5-9-21(20)26/h4-14H,15-16H2,1-3H3. The van der Waals surface area contributed by atoms with Gasteiger partial charge < -0.3 is 4.42 Å². The fourth-order valence-electron chi connectivity index (χ4n) is 3.32. The molecule has 0 aliphatic rings. The summed E-state index contributed by atoms with van der Waals surface area (Å²) in [6, 6.07) is 19.2. The van der Waals surface area contributed by atoms with Crippen LogP contribution < -0.4 is 0 Å². The van der Waals surface area contributed by atoms with E-state index in [0.717, 1.165) is 17.1 Å². The van der Waals surface area contributed by atoms with Crippen LogP contribution >= 0.6 is 23.4 Å². The summed E-state index contributed by atoms with van der Waals surface area (Å²) in [6.07, 6.45) is 1.64. The van der Waals surface area contributed by atoms with Gasteiger partial charge in [-0.3, -0.25) is 9.36 Å². The van der Waals surface area contributed by atoms with Gasteiger partial charge in [0.1, 0.15) is 5.76 Å². The number of rotatable bonds is 7. The van der Waals surface area contributed by atoms with Crippen molar-refractivity contribution in [2.75, 3.05) is 5.75 Å². The number of hydrogen-bond acceptors (Lipinski definition) is 5. The Hall–Kier alpha value is -2.83. The minimum absolute atomic E-state index is 0.0516. The molecule has 4 aromatic rings. The van der Waals surface area contributed by atoms with Crippen LogP contribution in [-0.4, -0.2) is 26.3 Å². The first-order valence-electron chi connectivity index (χ1n) is 10.3. The molecule has 2 heterocycles. The molecule has 164 valence electrons. The molecule has 4 rings (SSSR count). The van der Waals surface area contributed by atoms with Crippen LogP contribution in [0.2, 0.25) is 5.02 Å². The summed E-state index contributed by atoms with van der Waals surface area (Å²) in [6.45, 7) is 7.03. The molecule has 0 aliphatic heterocycles. The van der Waals surface area contributed by atoms with E-state index in [4.69, 9.17) is 16.0 Å². The van der Waals surface area contributed by atoms with E-state index in [9.17, 15) is 4.79 Å². The first kappa shape index (κ1) is 22.4. The average Bonchev–Trinajstić information content (AvgIpc) is 3.42. The maximum atomic E-state index is 12.7. The number of thioether (sulfide) groups is 1. The Kier molecular flexibility index (Phi) is 6.53. The van der Waals surface area contributed by atoms with Crippen LogP contribution in [0.3, 0.4) is 0 Å². The third kappa shape index (κ3) is 4.97. The molecular weight excluding hydrogens is 442 g/mol. The quantitative estimate of drug-likeness (QED) is 0.230. The second-order valence-corrected chi connectivity index (χ2v) is 9.84. The van der Waals surface area contributed by atoms with Gasteiger partial charge in [-0.2, -0.15) is 0 Å². The molecule has 0 N–H and O–H groups in total. The lowest BCUT2D eigenvalue weighted by Crippen LogP contribution is -2.10. The highest BCUT2D eigenvalue weighted by Gasteiger charge is 2.19. The van der Waals surface area contributed by atoms with Gasteiger partial charge in [-0.05, 0) is 35.2 Å². The van der Waals surface area contributed by atoms with Crippen LogP contribution in [0.4, 0.5) is 0 Å². The Morgan fingerprint density at radius 1 is 1.03 bits per heavy atom. The number of Topliss-reactive ketones (excluding diaryl/α,β-unsaturated/α-hetero) is 1. The van der Waals surface area contributed by atoms with Crippen molar-refractivity contribution in [3.8, 4) is 11.4 Å². The van der Waals surface area contributed by atoms with E-state index in [2.05, 4.69) is 55.2 Å². The molecule has 0 radical (unpaired) electrons. The molecule has 0 bridgehead atoms. The molecule has 0 aliphatic carbocycles. The van der Waals surface area contributed by atoms with E-state index in [0.29, 0.717) is 22.3 Å². The number of furan rings is 1. The fourth-order valence-corrected chi connectivity index (χ4v) is 4.39. The first-order valence-corrected chi connectivity index (χ1v) is 11.7. The van der Waals surface area contributed by atoms with Crippen molar-refractivity contribution in [1.82, 2.24) is 14.8 Å². The number of nitrogens with zero attached hydrogens (tertiary/aromatic N) is 3. The average molecular weight is 466 g/mol. The topological polar surface area (TPSA) is 60.9 Å². The predicted octanol–water partition coefficient (Wildman–Crippen LogP) is 6.51. The molecule has 2 aromatic carbocycles. The summed E-state index contributed by atoms with van der Waals surface area (Å²) in [5, 5.41) is 9.92. The number of benzene rings is 2. The second-order valence-electron chi connectivity index (χ2n) is 8.49. The largest absolute Gasteiger partial charge is 0.467 e. The lowest BCUT2D eigenvalue weighted by atomic mass is 9.87.